The smallest absolute Gasteiger partial charge is 0.254 e. The fraction of sp³-hybridized carbons (Fsp3) is 0.333. The van der Waals surface area contributed by atoms with Gasteiger partial charge in [0.05, 0.1) is 24.1 Å². The van der Waals surface area contributed by atoms with Gasteiger partial charge in [-0.2, -0.15) is 0 Å². The molecule has 6 rings (SSSR count). The molecule has 3 aromatic carbocycles. The molecule has 9 heteroatoms. The lowest BCUT2D eigenvalue weighted by atomic mass is 9.95. The molecule has 2 aliphatic rings. The molecule has 0 radical (unpaired) electrons. The van der Waals surface area contributed by atoms with Gasteiger partial charge in [0.1, 0.15) is 18.0 Å². The fourth-order valence-corrected chi connectivity index (χ4v) is 7.01. The molecule has 1 aromatic heterocycles. The van der Waals surface area contributed by atoms with Gasteiger partial charge in [0, 0.05) is 47.2 Å². The number of nitrogens with zero attached hydrogens (tertiary/aromatic N) is 2. The van der Waals surface area contributed by atoms with Crippen LogP contribution < -0.4 is 4.31 Å². The third kappa shape index (κ3) is 5.00. The van der Waals surface area contributed by atoms with Gasteiger partial charge in [0.25, 0.3) is 5.91 Å². The summed E-state index contributed by atoms with van der Waals surface area (Å²) in [5.74, 6) is 0.811. The van der Waals surface area contributed by atoms with E-state index in [1.807, 2.05) is 36.1 Å². The zero-order chi connectivity index (χ0) is 29.8. The summed E-state index contributed by atoms with van der Waals surface area (Å²) < 4.78 is 46.9. The Balaban J connectivity index is 1.58. The van der Waals surface area contributed by atoms with Gasteiger partial charge in [-0.25, -0.2) is 12.8 Å². The number of furan rings is 1. The lowest BCUT2D eigenvalue weighted by Gasteiger charge is -2.24. The summed E-state index contributed by atoms with van der Waals surface area (Å²) >= 11 is 0. The normalized spacial score (nSPS) is 17.9. The van der Waals surface area contributed by atoms with Crippen molar-refractivity contribution in [2.24, 2.45) is 5.92 Å². The molecule has 42 heavy (non-hydrogen) atoms. The average molecular weight is 589 g/mol. The Morgan fingerprint density at radius 2 is 1.83 bits per heavy atom. The van der Waals surface area contributed by atoms with Crippen molar-refractivity contribution in [1.29, 1.82) is 0 Å². The van der Waals surface area contributed by atoms with Crippen LogP contribution in [0.3, 0.4) is 0 Å². The number of aryl methyl sites for hydroxylation is 1. The minimum atomic E-state index is -3.89. The molecule has 2 atom stereocenters. The van der Waals surface area contributed by atoms with E-state index in [0.717, 1.165) is 41.1 Å². The second-order valence-corrected chi connectivity index (χ2v) is 13.2. The van der Waals surface area contributed by atoms with E-state index in [1.54, 1.807) is 43.3 Å². The molecule has 2 unspecified atom stereocenters. The van der Waals surface area contributed by atoms with E-state index in [1.165, 1.54) is 0 Å². The first kappa shape index (κ1) is 28.2. The van der Waals surface area contributed by atoms with Gasteiger partial charge in [-0.3, -0.25) is 13.9 Å². The molecule has 0 N–H and O–H groups in total. The fourth-order valence-electron chi connectivity index (χ4n) is 6.11. The molecular weight excluding hydrogens is 555 g/mol. The maximum Gasteiger partial charge on any atom is 0.254 e. The lowest BCUT2D eigenvalue weighted by Crippen LogP contribution is -2.32. The number of fused-ring (bicyclic) bond motifs is 2. The number of sulfonamides is 1. The number of piperidine rings is 1. The number of alkyl halides is 1. The monoisotopic (exact) mass is 588 g/mol. The molecule has 1 aliphatic carbocycles. The second kappa shape index (κ2) is 10.7. The first-order chi connectivity index (χ1) is 20.1. The number of anilines is 1. The minimum Gasteiger partial charge on any atom is -0.455 e. The molecular formula is C33H33FN2O5S. The van der Waals surface area contributed by atoms with E-state index in [0.29, 0.717) is 50.9 Å². The van der Waals surface area contributed by atoms with Crippen molar-refractivity contribution in [2.75, 3.05) is 30.3 Å². The third-order valence-corrected chi connectivity index (χ3v) is 9.56. The Kier molecular flexibility index (Phi) is 7.17. The predicted molar refractivity (Wildman–Crippen MR) is 162 cm³/mol. The Morgan fingerprint density at radius 3 is 2.45 bits per heavy atom. The van der Waals surface area contributed by atoms with Crippen molar-refractivity contribution in [3.8, 4) is 22.5 Å². The molecule has 7 nitrogen and oxygen atoms in total. The number of rotatable bonds is 9. The molecule has 1 saturated heterocycles. The van der Waals surface area contributed by atoms with Crippen molar-refractivity contribution < 1.29 is 26.8 Å². The standard InChI is InChI=1S/C33H33FN2O5S/c1-4-29(37)31-26-18-25(22-6-5-7-24(16-22)33(38)35-14-12-23-17-27(23)35)28(36(15-13-34)42(3,39)40)19-30(26)41-32(31)21-10-8-20(2)9-11-21/h5-11,16,18-19,23,27H,4,12-15,17H2,1-3H3. The first-order valence-corrected chi connectivity index (χ1v) is 16.1. The predicted octanol–water partition coefficient (Wildman–Crippen LogP) is 6.64. The van der Waals surface area contributed by atoms with Crippen molar-refractivity contribution in [2.45, 2.75) is 39.2 Å². The molecule has 1 amide bonds. The maximum atomic E-state index is 13.7. The van der Waals surface area contributed by atoms with Gasteiger partial charge in [-0.05, 0) is 49.4 Å². The Hall–Kier alpha value is -3.98. The number of carbonyl (C=O) groups excluding carboxylic acids is 2. The maximum absolute atomic E-state index is 13.7. The number of hydrogen-bond acceptors (Lipinski definition) is 5. The third-order valence-electron chi connectivity index (χ3n) is 8.38. The molecule has 0 bridgehead atoms. The van der Waals surface area contributed by atoms with Gasteiger partial charge in [0.2, 0.25) is 10.0 Å². The molecule has 2 heterocycles. The van der Waals surface area contributed by atoms with E-state index in [4.69, 9.17) is 4.42 Å². The van der Waals surface area contributed by atoms with Crippen molar-refractivity contribution >= 4 is 38.4 Å². The summed E-state index contributed by atoms with van der Waals surface area (Å²) in [7, 11) is -3.89. The number of halogens is 1. The summed E-state index contributed by atoms with van der Waals surface area (Å²) in [5.41, 5.74) is 4.26. The van der Waals surface area contributed by atoms with Crippen LogP contribution in [0, 0.1) is 12.8 Å². The van der Waals surface area contributed by atoms with E-state index >= 15 is 0 Å². The van der Waals surface area contributed by atoms with Gasteiger partial charge in [-0.15, -0.1) is 0 Å². The Bertz CT molecular complexity index is 1810. The van der Waals surface area contributed by atoms with Crippen LogP contribution in [0.4, 0.5) is 10.1 Å². The van der Waals surface area contributed by atoms with Crippen LogP contribution >= 0.6 is 0 Å². The summed E-state index contributed by atoms with van der Waals surface area (Å²) in [6.07, 6.45) is 3.32. The van der Waals surface area contributed by atoms with E-state index in [2.05, 4.69) is 0 Å². The van der Waals surface area contributed by atoms with Crippen LogP contribution in [-0.2, 0) is 10.0 Å². The highest BCUT2D eigenvalue weighted by Gasteiger charge is 2.48. The Labute approximate surface area is 245 Å². The number of Topliss-reactive ketones (excluding diaryl/α,β-unsaturated/α-hetero) is 1. The SMILES string of the molecule is CCC(=O)c1c(-c2ccc(C)cc2)oc2cc(N(CCF)S(C)(=O)=O)c(-c3cccc(C(=O)N4CCC5CC54)c3)cc12. The average Bonchev–Trinajstić information content (AvgIpc) is 3.47. The number of ketones is 1. The van der Waals surface area contributed by atoms with E-state index in [9.17, 15) is 22.4 Å². The largest absolute Gasteiger partial charge is 0.455 e. The summed E-state index contributed by atoms with van der Waals surface area (Å²) in [5, 5.41) is 0.530. The zero-order valence-electron chi connectivity index (χ0n) is 23.9. The van der Waals surface area contributed by atoms with Crippen LogP contribution in [0.5, 0.6) is 0 Å². The zero-order valence-corrected chi connectivity index (χ0v) is 24.7. The van der Waals surface area contributed by atoms with Crippen LogP contribution in [0.15, 0.2) is 65.1 Å². The van der Waals surface area contributed by atoms with Crippen molar-refractivity contribution in [3.63, 3.8) is 0 Å². The number of hydrogen-bond donors (Lipinski definition) is 0. The van der Waals surface area contributed by atoms with Crippen LogP contribution in [0.25, 0.3) is 33.4 Å². The van der Waals surface area contributed by atoms with Gasteiger partial charge in [0.15, 0.2) is 5.78 Å². The highest BCUT2D eigenvalue weighted by molar-refractivity contribution is 7.92. The molecule has 4 aromatic rings. The highest BCUT2D eigenvalue weighted by Crippen LogP contribution is 2.45. The molecule has 1 aliphatic heterocycles. The molecule has 0 spiro atoms. The molecule has 218 valence electrons. The second-order valence-electron chi connectivity index (χ2n) is 11.3. The topological polar surface area (TPSA) is 87.9 Å². The van der Waals surface area contributed by atoms with Crippen molar-refractivity contribution in [1.82, 2.24) is 4.90 Å². The van der Waals surface area contributed by atoms with Gasteiger partial charge < -0.3 is 9.32 Å². The van der Waals surface area contributed by atoms with Crippen LogP contribution in [-0.4, -0.2) is 57.1 Å². The minimum absolute atomic E-state index is 0.0555. The van der Waals surface area contributed by atoms with Gasteiger partial charge in [-0.1, -0.05) is 48.9 Å². The number of likely N-dealkylation sites (tertiary alicyclic amines) is 1. The number of benzene rings is 3. The van der Waals surface area contributed by atoms with Crippen molar-refractivity contribution in [3.05, 3.63) is 77.4 Å². The lowest BCUT2D eigenvalue weighted by molar-refractivity contribution is 0.0768. The van der Waals surface area contributed by atoms with Crippen LogP contribution in [0.2, 0.25) is 0 Å². The number of amides is 1. The summed E-state index contributed by atoms with van der Waals surface area (Å²) in [4.78, 5) is 28.7. The van der Waals surface area contributed by atoms with Crippen LogP contribution in [0.1, 0.15) is 52.5 Å². The summed E-state index contributed by atoms with van der Waals surface area (Å²) in [6.45, 7) is 3.19. The first-order valence-electron chi connectivity index (χ1n) is 14.3. The highest BCUT2D eigenvalue weighted by atomic mass is 32.2. The number of carbonyl (C=O) groups is 2. The quantitative estimate of drug-likeness (QED) is 0.205. The molecule has 1 saturated carbocycles. The van der Waals surface area contributed by atoms with Gasteiger partial charge >= 0.3 is 0 Å². The van der Waals surface area contributed by atoms with E-state index in [-0.39, 0.29) is 30.3 Å². The van der Waals surface area contributed by atoms with E-state index < -0.39 is 16.7 Å². The molecule has 2 fully saturated rings. The summed E-state index contributed by atoms with van der Waals surface area (Å²) in [6, 6.07) is 18.3. The Morgan fingerprint density at radius 1 is 1.07 bits per heavy atom.